The van der Waals surface area contributed by atoms with E-state index in [-0.39, 0.29) is 16.9 Å². The molecule has 2 atom stereocenters. The first-order valence-corrected chi connectivity index (χ1v) is 9.25. The molecule has 2 heterocycles. The minimum Gasteiger partial charge on any atom is -0.345 e. The number of carbonyl (C=O) groups is 1. The van der Waals surface area contributed by atoms with Crippen molar-refractivity contribution < 1.29 is 4.79 Å². The minimum atomic E-state index is -0.122. The molecule has 0 radical (unpaired) electrons. The van der Waals surface area contributed by atoms with E-state index in [0.717, 1.165) is 30.9 Å². The van der Waals surface area contributed by atoms with Crippen LogP contribution < -0.4 is 10.6 Å². The Morgan fingerprint density at radius 1 is 1.45 bits per heavy atom. The molecule has 1 aliphatic heterocycles. The van der Waals surface area contributed by atoms with Gasteiger partial charge in [-0.15, -0.1) is 11.3 Å². The zero-order valence-corrected chi connectivity index (χ0v) is 14.7. The lowest BCUT2D eigenvalue weighted by molar-refractivity contribution is 0.0824. The molecule has 122 valence electrons. The average molecular weight is 321 g/mol. The number of amides is 1. The second-order valence-electron chi connectivity index (χ2n) is 7.71. The molecular weight excluding hydrogens is 294 g/mol. The van der Waals surface area contributed by atoms with Crippen molar-refractivity contribution in [2.45, 2.75) is 58.4 Å². The maximum absolute atomic E-state index is 12.6. The monoisotopic (exact) mass is 321 g/mol. The molecule has 2 aliphatic rings. The van der Waals surface area contributed by atoms with Crippen LogP contribution in [0.3, 0.4) is 0 Å². The molecule has 3 rings (SSSR count). The highest BCUT2D eigenvalue weighted by Gasteiger charge is 2.46. The summed E-state index contributed by atoms with van der Waals surface area (Å²) in [7, 11) is 0. The standard InChI is InChI=1S/C17H27N3OS/c1-16(2)6-4-7-17(16,3)20-15(21)13-11-22-14(19-13)9-12-5-8-18-10-12/h11-12,18H,4-10H2,1-3H3,(H,20,21). The van der Waals surface area contributed by atoms with E-state index in [0.29, 0.717) is 11.6 Å². The Morgan fingerprint density at radius 2 is 2.27 bits per heavy atom. The van der Waals surface area contributed by atoms with E-state index >= 15 is 0 Å². The summed E-state index contributed by atoms with van der Waals surface area (Å²) < 4.78 is 0. The Morgan fingerprint density at radius 3 is 2.91 bits per heavy atom. The topological polar surface area (TPSA) is 54.0 Å². The van der Waals surface area contributed by atoms with Gasteiger partial charge in [0.25, 0.3) is 5.91 Å². The number of thiazole rings is 1. The van der Waals surface area contributed by atoms with Gasteiger partial charge in [-0.25, -0.2) is 4.98 Å². The minimum absolute atomic E-state index is 0.00970. The van der Waals surface area contributed by atoms with Crippen LogP contribution in [0.5, 0.6) is 0 Å². The smallest absolute Gasteiger partial charge is 0.271 e. The molecule has 1 aromatic heterocycles. The molecule has 0 bridgehead atoms. The van der Waals surface area contributed by atoms with Crippen LogP contribution in [0.2, 0.25) is 0 Å². The predicted molar refractivity (Wildman–Crippen MR) is 90.3 cm³/mol. The lowest BCUT2D eigenvalue weighted by atomic mass is 9.76. The first-order valence-electron chi connectivity index (χ1n) is 8.37. The quantitative estimate of drug-likeness (QED) is 0.896. The molecule has 1 aliphatic carbocycles. The summed E-state index contributed by atoms with van der Waals surface area (Å²) in [6, 6.07) is 0. The SMILES string of the molecule is CC1(C)CCCC1(C)NC(=O)c1csc(CC2CCNC2)n1. The fourth-order valence-electron chi connectivity index (χ4n) is 3.69. The average Bonchev–Trinajstić information content (AvgIpc) is 3.14. The van der Waals surface area contributed by atoms with Crippen LogP contribution in [0.15, 0.2) is 5.38 Å². The maximum Gasteiger partial charge on any atom is 0.271 e. The highest BCUT2D eigenvalue weighted by molar-refractivity contribution is 7.09. The molecule has 5 heteroatoms. The van der Waals surface area contributed by atoms with Gasteiger partial charge in [-0.05, 0) is 50.6 Å². The zero-order chi connectivity index (χ0) is 15.8. The lowest BCUT2D eigenvalue weighted by Gasteiger charge is -2.39. The van der Waals surface area contributed by atoms with Crippen LogP contribution in [-0.2, 0) is 6.42 Å². The van der Waals surface area contributed by atoms with Gasteiger partial charge in [0.15, 0.2) is 0 Å². The van der Waals surface area contributed by atoms with E-state index in [2.05, 4.69) is 36.4 Å². The van der Waals surface area contributed by atoms with Crippen molar-refractivity contribution in [3.05, 3.63) is 16.1 Å². The van der Waals surface area contributed by atoms with Gasteiger partial charge in [0, 0.05) is 17.3 Å². The number of hydrogen-bond acceptors (Lipinski definition) is 4. The molecule has 1 saturated heterocycles. The summed E-state index contributed by atoms with van der Waals surface area (Å²) in [6.07, 6.45) is 5.61. The Labute approximate surface area is 137 Å². The van der Waals surface area contributed by atoms with Crippen LogP contribution in [-0.4, -0.2) is 29.5 Å². The van der Waals surface area contributed by atoms with Crippen molar-refractivity contribution in [3.63, 3.8) is 0 Å². The Bertz CT molecular complexity index is 548. The molecule has 0 aromatic carbocycles. The zero-order valence-electron chi connectivity index (χ0n) is 13.9. The molecule has 4 nitrogen and oxygen atoms in total. The molecule has 1 amide bonds. The first-order chi connectivity index (χ1) is 10.4. The van der Waals surface area contributed by atoms with Crippen LogP contribution in [0.1, 0.15) is 62.0 Å². The van der Waals surface area contributed by atoms with Gasteiger partial charge in [0.05, 0.1) is 5.01 Å². The molecule has 2 unspecified atom stereocenters. The van der Waals surface area contributed by atoms with Crippen molar-refractivity contribution in [2.75, 3.05) is 13.1 Å². The van der Waals surface area contributed by atoms with Crippen LogP contribution in [0, 0.1) is 11.3 Å². The second-order valence-corrected chi connectivity index (χ2v) is 8.66. The fraction of sp³-hybridized carbons (Fsp3) is 0.765. The third-order valence-electron chi connectivity index (χ3n) is 5.77. The van der Waals surface area contributed by atoms with E-state index < -0.39 is 0 Å². The normalized spacial score (nSPS) is 30.6. The molecule has 2 N–H and O–H groups in total. The highest BCUT2D eigenvalue weighted by atomic mass is 32.1. The second kappa shape index (κ2) is 5.93. The summed E-state index contributed by atoms with van der Waals surface area (Å²) >= 11 is 1.62. The number of rotatable bonds is 4. The van der Waals surface area contributed by atoms with Gasteiger partial charge in [0.1, 0.15) is 5.69 Å². The van der Waals surface area contributed by atoms with E-state index in [1.807, 2.05) is 5.38 Å². The van der Waals surface area contributed by atoms with Crippen molar-refractivity contribution in [1.82, 2.24) is 15.6 Å². The fourth-order valence-corrected chi connectivity index (χ4v) is 4.58. The summed E-state index contributed by atoms with van der Waals surface area (Å²) in [5.74, 6) is 0.665. The van der Waals surface area contributed by atoms with Crippen molar-refractivity contribution in [2.24, 2.45) is 11.3 Å². The van der Waals surface area contributed by atoms with Gasteiger partial charge in [-0.1, -0.05) is 20.3 Å². The summed E-state index contributed by atoms with van der Waals surface area (Å²) in [5.41, 5.74) is 0.621. The van der Waals surface area contributed by atoms with E-state index in [9.17, 15) is 4.79 Å². The highest BCUT2D eigenvalue weighted by Crippen LogP contribution is 2.45. The van der Waals surface area contributed by atoms with Crippen LogP contribution in [0.25, 0.3) is 0 Å². The molecule has 0 spiro atoms. The summed E-state index contributed by atoms with van der Waals surface area (Å²) in [5, 5.41) is 9.65. The maximum atomic E-state index is 12.6. The molecular formula is C17H27N3OS. The van der Waals surface area contributed by atoms with Crippen LogP contribution >= 0.6 is 11.3 Å². The van der Waals surface area contributed by atoms with Gasteiger partial charge in [0.2, 0.25) is 0 Å². The Hall–Kier alpha value is -0.940. The third-order valence-corrected chi connectivity index (χ3v) is 6.64. The summed E-state index contributed by atoms with van der Waals surface area (Å²) in [6.45, 7) is 8.86. The van der Waals surface area contributed by atoms with E-state index in [1.165, 1.54) is 19.3 Å². The Kier molecular flexibility index (Phi) is 4.29. The predicted octanol–water partition coefficient (Wildman–Crippen LogP) is 2.99. The third kappa shape index (κ3) is 3.06. The van der Waals surface area contributed by atoms with Crippen molar-refractivity contribution >= 4 is 17.2 Å². The van der Waals surface area contributed by atoms with Crippen LogP contribution in [0.4, 0.5) is 0 Å². The summed E-state index contributed by atoms with van der Waals surface area (Å²) in [4.78, 5) is 17.1. The molecule has 22 heavy (non-hydrogen) atoms. The number of aromatic nitrogens is 1. The largest absolute Gasteiger partial charge is 0.345 e. The number of carbonyl (C=O) groups excluding carboxylic acids is 1. The number of nitrogens with zero attached hydrogens (tertiary/aromatic N) is 1. The van der Waals surface area contributed by atoms with Gasteiger partial charge in [-0.2, -0.15) is 0 Å². The Balaban J connectivity index is 1.64. The van der Waals surface area contributed by atoms with E-state index in [4.69, 9.17) is 0 Å². The first kappa shape index (κ1) is 15.9. The number of nitrogens with one attached hydrogen (secondary N) is 2. The van der Waals surface area contributed by atoms with Gasteiger partial charge >= 0.3 is 0 Å². The van der Waals surface area contributed by atoms with Crippen molar-refractivity contribution in [3.8, 4) is 0 Å². The molecule has 2 fully saturated rings. The van der Waals surface area contributed by atoms with E-state index in [1.54, 1.807) is 11.3 Å². The lowest BCUT2D eigenvalue weighted by Crippen LogP contribution is -2.52. The van der Waals surface area contributed by atoms with Gasteiger partial charge < -0.3 is 10.6 Å². The number of hydrogen-bond donors (Lipinski definition) is 2. The molecule has 1 saturated carbocycles. The van der Waals surface area contributed by atoms with Crippen molar-refractivity contribution in [1.29, 1.82) is 0 Å². The molecule has 1 aromatic rings. The van der Waals surface area contributed by atoms with Gasteiger partial charge in [-0.3, -0.25) is 4.79 Å².